The molecule has 0 atom stereocenters. The number of nitrogens with zero attached hydrogens (tertiary/aromatic N) is 4. The third-order valence-corrected chi connectivity index (χ3v) is 6.68. The smallest absolute Gasteiger partial charge is 0.325 e. The molecule has 0 radical (unpaired) electrons. The lowest BCUT2D eigenvalue weighted by Gasteiger charge is -2.34. The highest BCUT2D eigenvalue weighted by molar-refractivity contribution is 5.82. The van der Waals surface area contributed by atoms with Crippen molar-refractivity contribution in [3.8, 4) is 11.1 Å². The van der Waals surface area contributed by atoms with Crippen molar-refractivity contribution < 1.29 is 17.9 Å². The summed E-state index contributed by atoms with van der Waals surface area (Å²) in [5, 5.41) is 0. The summed E-state index contributed by atoms with van der Waals surface area (Å²) in [5.74, 6) is 0.995. The highest BCUT2D eigenvalue weighted by atomic mass is 19.4. The van der Waals surface area contributed by atoms with E-state index in [1.807, 2.05) is 28.8 Å². The first-order chi connectivity index (χ1) is 16.0. The van der Waals surface area contributed by atoms with Gasteiger partial charge in [0.25, 0.3) is 5.56 Å². The molecule has 0 N–H and O–H groups in total. The van der Waals surface area contributed by atoms with Crippen molar-refractivity contribution in [3.05, 3.63) is 52.2 Å². The van der Waals surface area contributed by atoms with E-state index in [4.69, 9.17) is 4.98 Å². The van der Waals surface area contributed by atoms with Gasteiger partial charge in [0.1, 0.15) is 5.82 Å². The Balaban J connectivity index is 1.73. The number of likely N-dealkylation sites (tertiary alicyclic amines) is 1. The van der Waals surface area contributed by atoms with E-state index in [0.29, 0.717) is 11.6 Å². The van der Waals surface area contributed by atoms with Gasteiger partial charge in [-0.25, -0.2) is 4.98 Å². The van der Waals surface area contributed by atoms with Crippen LogP contribution in [0.3, 0.4) is 0 Å². The lowest BCUT2D eigenvalue weighted by molar-refractivity contribution is -0.325. The maximum Gasteiger partial charge on any atom is 0.522 e. The average molecular weight is 477 g/mol. The molecule has 184 valence electrons. The Labute approximate surface area is 197 Å². The summed E-state index contributed by atoms with van der Waals surface area (Å²) in [6, 6.07) is 8.09. The zero-order valence-corrected chi connectivity index (χ0v) is 20.0. The SMILES string of the molecule is Cc1cc(-c2ccc3nc(C4CCN(C(C)C)CC4)n(CCOC(F)(F)F)c3c2)cn(C)c1=O. The zero-order chi connectivity index (χ0) is 24.6. The molecule has 0 unspecified atom stereocenters. The van der Waals surface area contributed by atoms with Gasteiger partial charge >= 0.3 is 6.36 Å². The highest BCUT2D eigenvalue weighted by Crippen LogP contribution is 2.33. The van der Waals surface area contributed by atoms with Crippen molar-refractivity contribution in [2.75, 3.05) is 19.7 Å². The number of benzene rings is 1. The summed E-state index contributed by atoms with van der Waals surface area (Å²) in [6.07, 6.45) is -1.08. The van der Waals surface area contributed by atoms with Crippen molar-refractivity contribution in [2.45, 2.75) is 58.5 Å². The molecule has 3 aromatic rings. The summed E-state index contributed by atoms with van der Waals surface area (Å²) in [5.41, 5.74) is 3.84. The average Bonchev–Trinajstić information content (AvgIpc) is 3.14. The van der Waals surface area contributed by atoms with Crippen LogP contribution in [-0.2, 0) is 18.3 Å². The van der Waals surface area contributed by atoms with E-state index >= 15 is 0 Å². The lowest BCUT2D eigenvalue weighted by atomic mass is 9.95. The molecule has 1 fully saturated rings. The number of aryl methyl sites for hydroxylation is 2. The Kier molecular flexibility index (Phi) is 6.87. The topological polar surface area (TPSA) is 52.3 Å². The van der Waals surface area contributed by atoms with Crippen LogP contribution in [0.2, 0.25) is 0 Å². The zero-order valence-electron chi connectivity index (χ0n) is 20.0. The Morgan fingerprint density at radius 1 is 1.15 bits per heavy atom. The molecule has 0 amide bonds. The van der Waals surface area contributed by atoms with Crippen LogP contribution in [0.4, 0.5) is 13.2 Å². The lowest BCUT2D eigenvalue weighted by Crippen LogP contribution is -2.38. The van der Waals surface area contributed by atoms with E-state index in [2.05, 4.69) is 23.5 Å². The molecule has 3 heterocycles. The van der Waals surface area contributed by atoms with Gasteiger partial charge in [-0.15, -0.1) is 13.2 Å². The Bertz CT molecular complexity index is 1200. The number of alkyl halides is 3. The normalized spacial score (nSPS) is 16.1. The van der Waals surface area contributed by atoms with Crippen LogP contribution in [0.15, 0.2) is 35.3 Å². The van der Waals surface area contributed by atoms with Crippen molar-refractivity contribution in [3.63, 3.8) is 0 Å². The molecule has 4 rings (SSSR count). The van der Waals surface area contributed by atoms with Crippen LogP contribution < -0.4 is 5.56 Å². The molecular weight excluding hydrogens is 445 g/mol. The number of aromatic nitrogens is 3. The second-order valence-corrected chi connectivity index (χ2v) is 9.35. The third kappa shape index (κ3) is 5.20. The largest absolute Gasteiger partial charge is 0.522 e. The molecule has 9 heteroatoms. The van der Waals surface area contributed by atoms with Crippen LogP contribution >= 0.6 is 0 Å². The fourth-order valence-corrected chi connectivity index (χ4v) is 4.83. The number of imidazole rings is 1. The molecule has 2 aromatic heterocycles. The van der Waals surface area contributed by atoms with Gasteiger partial charge in [0, 0.05) is 37.3 Å². The fraction of sp³-hybridized carbons (Fsp3) is 0.520. The van der Waals surface area contributed by atoms with Gasteiger partial charge in [-0.1, -0.05) is 6.07 Å². The van der Waals surface area contributed by atoms with Crippen LogP contribution in [0.25, 0.3) is 22.2 Å². The predicted octanol–water partition coefficient (Wildman–Crippen LogP) is 4.83. The first kappa shape index (κ1) is 24.5. The molecule has 6 nitrogen and oxygen atoms in total. The van der Waals surface area contributed by atoms with Crippen molar-refractivity contribution in [1.82, 2.24) is 19.0 Å². The minimum Gasteiger partial charge on any atom is -0.325 e. The number of pyridine rings is 1. The molecule has 1 aromatic carbocycles. The first-order valence-corrected chi connectivity index (χ1v) is 11.7. The van der Waals surface area contributed by atoms with Gasteiger partial charge in [-0.3, -0.25) is 9.53 Å². The van der Waals surface area contributed by atoms with Gasteiger partial charge < -0.3 is 14.0 Å². The van der Waals surface area contributed by atoms with Crippen LogP contribution in [-0.4, -0.2) is 51.1 Å². The highest BCUT2D eigenvalue weighted by Gasteiger charge is 2.30. The first-order valence-electron chi connectivity index (χ1n) is 11.7. The quantitative estimate of drug-likeness (QED) is 0.511. The van der Waals surface area contributed by atoms with Gasteiger partial charge in [-0.05, 0) is 76.0 Å². The minimum absolute atomic E-state index is 0.0609. The fourth-order valence-electron chi connectivity index (χ4n) is 4.83. The van der Waals surface area contributed by atoms with Crippen LogP contribution in [0, 0.1) is 6.92 Å². The standard InChI is InChI=1S/C25H31F3N4O2/c1-16(2)31-9-7-18(8-10-31)23-29-21-6-5-19(20-13-17(3)24(33)30(4)15-20)14-22(21)32(23)11-12-34-25(26,27)28/h5-6,13-16,18H,7-12H2,1-4H3. The van der Waals surface area contributed by atoms with E-state index in [-0.39, 0.29) is 18.0 Å². The van der Waals surface area contributed by atoms with Crippen molar-refractivity contribution in [1.29, 1.82) is 0 Å². The van der Waals surface area contributed by atoms with E-state index in [0.717, 1.165) is 53.9 Å². The van der Waals surface area contributed by atoms with E-state index < -0.39 is 13.0 Å². The van der Waals surface area contributed by atoms with E-state index in [1.54, 1.807) is 20.2 Å². The molecule has 1 aliphatic rings. The predicted molar refractivity (Wildman–Crippen MR) is 126 cm³/mol. The monoisotopic (exact) mass is 476 g/mol. The maximum atomic E-state index is 12.7. The van der Waals surface area contributed by atoms with E-state index in [1.165, 1.54) is 4.57 Å². The van der Waals surface area contributed by atoms with Crippen molar-refractivity contribution in [2.24, 2.45) is 7.05 Å². The second kappa shape index (κ2) is 9.54. The van der Waals surface area contributed by atoms with Gasteiger partial charge in [0.2, 0.25) is 0 Å². The summed E-state index contributed by atoms with van der Waals surface area (Å²) >= 11 is 0. The maximum absolute atomic E-state index is 12.7. The molecule has 34 heavy (non-hydrogen) atoms. The number of fused-ring (bicyclic) bond motifs is 1. The molecule has 0 saturated carbocycles. The summed E-state index contributed by atoms with van der Waals surface area (Å²) in [4.78, 5) is 19.4. The van der Waals surface area contributed by atoms with Crippen molar-refractivity contribution >= 4 is 11.0 Å². The number of halogens is 3. The molecule has 0 spiro atoms. The number of piperidine rings is 1. The van der Waals surface area contributed by atoms with E-state index in [9.17, 15) is 18.0 Å². The number of ether oxygens (including phenoxy) is 1. The molecular formula is C25H31F3N4O2. The minimum atomic E-state index is -4.67. The van der Waals surface area contributed by atoms with Crippen LogP contribution in [0.5, 0.6) is 0 Å². The van der Waals surface area contributed by atoms with Crippen LogP contribution in [0.1, 0.15) is 44.0 Å². The Hall–Kier alpha value is -2.65. The summed E-state index contributed by atoms with van der Waals surface area (Å²) in [7, 11) is 1.71. The second-order valence-electron chi connectivity index (χ2n) is 9.35. The summed E-state index contributed by atoms with van der Waals surface area (Å²) < 4.78 is 45.6. The Morgan fingerprint density at radius 2 is 1.85 bits per heavy atom. The van der Waals surface area contributed by atoms with Gasteiger partial charge in [0.15, 0.2) is 0 Å². The number of rotatable bonds is 6. The van der Waals surface area contributed by atoms with Gasteiger partial charge in [0.05, 0.1) is 17.6 Å². The van der Waals surface area contributed by atoms with Gasteiger partial charge in [-0.2, -0.15) is 0 Å². The summed E-state index contributed by atoms with van der Waals surface area (Å²) in [6.45, 7) is 7.58. The number of hydrogen-bond acceptors (Lipinski definition) is 4. The molecule has 0 aliphatic carbocycles. The molecule has 0 bridgehead atoms. The molecule has 1 saturated heterocycles. The molecule has 1 aliphatic heterocycles. The third-order valence-electron chi connectivity index (χ3n) is 6.68. The Morgan fingerprint density at radius 3 is 2.47 bits per heavy atom. The number of hydrogen-bond donors (Lipinski definition) is 0.